The van der Waals surface area contributed by atoms with Crippen molar-refractivity contribution < 1.29 is 4.79 Å². The molecule has 23 heavy (non-hydrogen) atoms. The molecular formula is C19H17N3O. The van der Waals surface area contributed by atoms with Crippen LogP contribution < -0.4 is 5.32 Å². The third-order valence-corrected chi connectivity index (χ3v) is 4.30. The van der Waals surface area contributed by atoms with E-state index in [1.54, 1.807) is 6.20 Å². The Kier molecular flexibility index (Phi) is 3.30. The van der Waals surface area contributed by atoms with E-state index in [-0.39, 0.29) is 5.91 Å². The molecule has 0 unspecified atom stereocenters. The third kappa shape index (κ3) is 2.46. The molecule has 0 saturated carbocycles. The highest BCUT2D eigenvalue weighted by Gasteiger charge is 2.23. The molecule has 0 atom stereocenters. The highest BCUT2D eigenvalue weighted by molar-refractivity contribution is 6.13. The first-order valence-corrected chi connectivity index (χ1v) is 7.87. The van der Waals surface area contributed by atoms with E-state index in [1.807, 2.05) is 43.3 Å². The molecule has 4 rings (SSSR count). The van der Waals surface area contributed by atoms with Gasteiger partial charge in [0, 0.05) is 17.3 Å². The van der Waals surface area contributed by atoms with Gasteiger partial charge in [-0.25, -0.2) is 4.98 Å². The molecule has 1 amide bonds. The molecule has 1 aromatic carbocycles. The maximum absolute atomic E-state index is 12.9. The standard InChI is InChI=1S/C19H17N3O/c1-12-9-10-20-17(11-12)22-19(23)18-13-5-2-3-7-15(13)21-16-8-4-6-14(16)18/h2-3,5,7,9-11H,4,6,8H2,1H3,(H,20,22,23). The van der Waals surface area contributed by atoms with E-state index in [2.05, 4.69) is 10.3 Å². The van der Waals surface area contributed by atoms with Crippen molar-refractivity contribution in [2.24, 2.45) is 0 Å². The number of carbonyl (C=O) groups excluding carboxylic acids is 1. The summed E-state index contributed by atoms with van der Waals surface area (Å²) in [5, 5.41) is 3.86. The molecule has 2 aromatic heterocycles. The van der Waals surface area contributed by atoms with Crippen LogP contribution in [-0.2, 0) is 12.8 Å². The minimum absolute atomic E-state index is 0.0974. The number of para-hydroxylation sites is 1. The summed E-state index contributed by atoms with van der Waals surface area (Å²) >= 11 is 0. The minimum Gasteiger partial charge on any atom is -0.307 e. The van der Waals surface area contributed by atoms with Gasteiger partial charge in [0.1, 0.15) is 5.82 Å². The number of nitrogens with one attached hydrogen (secondary N) is 1. The molecule has 0 fully saturated rings. The Morgan fingerprint density at radius 1 is 1.17 bits per heavy atom. The predicted octanol–water partition coefficient (Wildman–Crippen LogP) is 3.68. The Labute approximate surface area is 134 Å². The Hall–Kier alpha value is -2.75. The zero-order chi connectivity index (χ0) is 15.8. The monoisotopic (exact) mass is 303 g/mol. The van der Waals surface area contributed by atoms with Gasteiger partial charge in [0.05, 0.1) is 11.1 Å². The molecule has 0 bridgehead atoms. The maximum atomic E-state index is 12.9. The van der Waals surface area contributed by atoms with E-state index in [0.717, 1.165) is 52.5 Å². The van der Waals surface area contributed by atoms with E-state index >= 15 is 0 Å². The number of fused-ring (bicyclic) bond motifs is 2. The van der Waals surface area contributed by atoms with Crippen LogP contribution in [0, 0.1) is 6.92 Å². The van der Waals surface area contributed by atoms with Gasteiger partial charge in [0.25, 0.3) is 5.91 Å². The fourth-order valence-electron chi connectivity index (χ4n) is 3.25. The van der Waals surface area contributed by atoms with Crippen LogP contribution in [0.5, 0.6) is 0 Å². The molecule has 0 spiro atoms. The molecule has 2 heterocycles. The van der Waals surface area contributed by atoms with Crippen LogP contribution in [0.15, 0.2) is 42.6 Å². The lowest BCUT2D eigenvalue weighted by atomic mass is 10.0. The molecule has 114 valence electrons. The first kappa shape index (κ1) is 13.9. The molecular weight excluding hydrogens is 286 g/mol. The second-order valence-electron chi connectivity index (χ2n) is 5.96. The van der Waals surface area contributed by atoms with Crippen molar-refractivity contribution in [3.05, 3.63) is 65.0 Å². The molecule has 1 aliphatic carbocycles. The van der Waals surface area contributed by atoms with Crippen LogP contribution in [-0.4, -0.2) is 15.9 Å². The number of rotatable bonds is 2. The van der Waals surface area contributed by atoms with Gasteiger partial charge in [-0.15, -0.1) is 0 Å². The number of nitrogens with zero attached hydrogens (tertiary/aromatic N) is 2. The number of amides is 1. The lowest BCUT2D eigenvalue weighted by molar-refractivity contribution is 0.102. The van der Waals surface area contributed by atoms with Crippen molar-refractivity contribution in [3.8, 4) is 0 Å². The van der Waals surface area contributed by atoms with Gasteiger partial charge in [0.2, 0.25) is 0 Å². The highest BCUT2D eigenvalue weighted by Crippen LogP contribution is 2.30. The van der Waals surface area contributed by atoms with Crippen LogP contribution in [0.3, 0.4) is 0 Å². The van der Waals surface area contributed by atoms with E-state index < -0.39 is 0 Å². The number of carbonyl (C=O) groups is 1. The predicted molar refractivity (Wildman–Crippen MR) is 90.7 cm³/mol. The van der Waals surface area contributed by atoms with E-state index in [4.69, 9.17) is 4.98 Å². The zero-order valence-electron chi connectivity index (χ0n) is 13.0. The summed E-state index contributed by atoms with van der Waals surface area (Å²) in [6.45, 7) is 1.98. The average molecular weight is 303 g/mol. The van der Waals surface area contributed by atoms with Crippen LogP contribution >= 0.6 is 0 Å². The number of hydrogen-bond acceptors (Lipinski definition) is 3. The van der Waals surface area contributed by atoms with Gasteiger partial charge in [-0.3, -0.25) is 9.78 Å². The fraction of sp³-hybridized carbons (Fsp3) is 0.211. The molecule has 3 aromatic rings. The van der Waals surface area contributed by atoms with Crippen molar-refractivity contribution in [2.45, 2.75) is 26.2 Å². The summed E-state index contributed by atoms with van der Waals surface area (Å²) in [4.78, 5) is 21.9. The summed E-state index contributed by atoms with van der Waals surface area (Å²) < 4.78 is 0. The Morgan fingerprint density at radius 2 is 2.04 bits per heavy atom. The van der Waals surface area contributed by atoms with Crippen LogP contribution in [0.4, 0.5) is 5.82 Å². The fourth-order valence-corrected chi connectivity index (χ4v) is 3.25. The van der Waals surface area contributed by atoms with E-state index in [0.29, 0.717) is 5.82 Å². The number of aromatic nitrogens is 2. The SMILES string of the molecule is Cc1ccnc(NC(=O)c2c3c(nc4ccccc24)CCC3)c1. The highest BCUT2D eigenvalue weighted by atomic mass is 16.1. The van der Waals surface area contributed by atoms with Gasteiger partial charge >= 0.3 is 0 Å². The normalized spacial score (nSPS) is 13.1. The number of anilines is 1. The smallest absolute Gasteiger partial charge is 0.257 e. The Balaban J connectivity index is 1.83. The van der Waals surface area contributed by atoms with Crippen molar-refractivity contribution in [1.82, 2.24) is 9.97 Å². The lowest BCUT2D eigenvalue weighted by Gasteiger charge is -2.12. The average Bonchev–Trinajstić information content (AvgIpc) is 3.00. The Bertz CT molecular complexity index is 918. The molecule has 4 heteroatoms. The van der Waals surface area contributed by atoms with Crippen LogP contribution in [0.1, 0.15) is 33.6 Å². The molecule has 0 saturated heterocycles. The topological polar surface area (TPSA) is 54.9 Å². The summed E-state index contributed by atoms with van der Waals surface area (Å²) in [6.07, 6.45) is 4.63. The summed E-state index contributed by atoms with van der Waals surface area (Å²) in [5.74, 6) is 0.488. The van der Waals surface area contributed by atoms with Crippen molar-refractivity contribution in [3.63, 3.8) is 0 Å². The maximum Gasteiger partial charge on any atom is 0.257 e. The largest absolute Gasteiger partial charge is 0.307 e. The van der Waals surface area contributed by atoms with Crippen LogP contribution in [0.2, 0.25) is 0 Å². The summed E-state index contributed by atoms with van der Waals surface area (Å²) in [6, 6.07) is 11.6. The molecule has 1 N–H and O–H groups in total. The Morgan fingerprint density at radius 3 is 2.91 bits per heavy atom. The van der Waals surface area contributed by atoms with Gasteiger partial charge in [-0.1, -0.05) is 18.2 Å². The molecule has 1 aliphatic rings. The summed E-state index contributed by atoms with van der Waals surface area (Å²) in [7, 11) is 0. The van der Waals surface area contributed by atoms with Gasteiger partial charge in [-0.05, 0) is 55.5 Å². The van der Waals surface area contributed by atoms with Crippen LogP contribution in [0.25, 0.3) is 10.9 Å². The van der Waals surface area contributed by atoms with Crippen molar-refractivity contribution in [1.29, 1.82) is 0 Å². The molecule has 0 radical (unpaired) electrons. The molecule has 4 nitrogen and oxygen atoms in total. The summed E-state index contributed by atoms with van der Waals surface area (Å²) in [5.41, 5.74) is 4.86. The quantitative estimate of drug-likeness (QED) is 0.785. The number of aryl methyl sites for hydroxylation is 2. The number of hydrogen-bond donors (Lipinski definition) is 1. The molecule has 0 aliphatic heterocycles. The van der Waals surface area contributed by atoms with E-state index in [9.17, 15) is 4.79 Å². The first-order chi connectivity index (χ1) is 11.2. The van der Waals surface area contributed by atoms with Gasteiger partial charge < -0.3 is 5.32 Å². The van der Waals surface area contributed by atoms with Crippen molar-refractivity contribution >= 4 is 22.6 Å². The first-order valence-electron chi connectivity index (χ1n) is 7.87. The van der Waals surface area contributed by atoms with Gasteiger partial charge in [-0.2, -0.15) is 0 Å². The zero-order valence-corrected chi connectivity index (χ0v) is 13.0. The minimum atomic E-state index is -0.0974. The van der Waals surface area contributed by atoms with E-state index in [1.165, 1.54) is 0 Å². The second-order valence-corrected chi connectivity index (χ2v) is 5.96. The third-order valence-electron chi connectivity index (χ3n) is 4.30. The number of benzene rings is 1. The number of pyridine rings is 2. The second kappa shape index (κ2) is 5.47. The lowest BCUT2D eigenvalue weighted by Crippen LogP contribution is -2.16. The van der Waals surface area contributed by atoms with Crippen molar-refractivity contribution in [2.75, 3.05) is 5.32 Å². The van der Waals surface area contributed by atoms with Gasteiger partial charge in [0.15, 0.2) is 0 Å².